The summed E-state index contributed by atoms with van der Waals surface area (Å²) in [4.78, 5) is 0. The second-order valence-electron chi connectivity index (χ2n) is 5.61. The van der Waals surface area contributed by atoms with Crippen LogP contribution in [0, 0.1) is 5.92 Å². The topological polar surface area (TPSA) is 9.23 Å². The quantitative estimate of drug-likeness (QED) is 0.662. The minimum atomic E-state index is 0.607. The van der Waals surface area contributed by atoms with E-state index in [9.17, 15) is 0 Å². The average Bonchev–Trinajstić information content (AvgIpc) is 3.16. The zero-order chi connectivity index (χ0) is 13.0. The van der Waals surface area contributed by atoms with E-state index < -0.39 is 0 Å². The fraction of sp³-hybridized carbons (Fsp3) is 0.647. The minimum absolute atomic E-state index is 0.607. The average molecular weight is 246 g/mol. The third kappa shape index (κ3) is 3.28. The molecule has 0 aliphatic heterocycles. The molecule has 0 aromatic heterocycles. The van der Waals surface area contributed by atoms with Gasteiger partial charge in [-0.3, -0.25) is 0 Å². The maximum absolute atomic E-state index is 5.96. The number of hydrogen-bond acceptors (Lipinski definition) is 1. The molecule has 0 spiro atoms. The number of rotatable bonds is 7. The molecule has 1 aliphatic rings. The summed E-state index contributed by atoms with van der Waals surface area (Å²) in [6.45, 7) is 7.43. The van der Waals surface area contributed by atoms with Crippen LogP contribution in [0.4, 0.5) is 0 Å². The monoisotopic (exact) mass is 246 g/mol. The summed E-state index contributed by atoms with van der Waals surface area (Å²) in [5.41, 5.74) is 2.84. The fourth-order valence-corrected chi connectivity index (χ4v) is 2.70. The van der Waals surface area contributed by atoms with E-state index in [0.717, 1.165) is 12.5 Å². The van der Waals surface area contributed by atoms with Crippen LogP contribution in [-0.2, 0) is 6.42 Å². The van der Waals surface area contributed by atoms with Gasteiger partial charge in [0.25, 0.3) is 0 Å². The van der Waals surface area contributed by atoms with Gasteiger partial charge in [0.05, 0.1) is 6.61 Å². The Balaban J connectivity index is 2.24. The Labute approximate surface area is 112 Å². The molecule has 0 bridgehead atoms. The third-order valence-electron chi connectivity index (χ3n) is 3.87. The van der Waals surface area contributed by atoms with Gasteiger partial charge in [-0.15, -0.1) is 0 Å². The van der Waals surface area contributed by atoms with Crippen LogP contribution >= 0.6 is 0 Å². The highest BCUT2D eigenvalue weighted by atomic mass is 16.5. The van der Waals surface area contributed by atoms with Crippen LogP contribution in [0.25, 0.3) is 0 Å². The number of benzene rings is 1. The van der Waals surface area contributed by atoms with E-state index in [-0.39, 0.29) is 0 Å². The molecule has 2 rings (SSSR count). The Kier molecular flexibility index (Phi) is 4.68. The maximum Gasteiger partial charge on any atom is 0.125 e. The Morgan fingerprint density at radius 2 is 2.06 bits per heavy atom. The lowest BCUT2D eigenvalue weighted by Gasteiger charge is -2.19. The molecule has 0 N–H and O–H groups in total. The second kappa shape index (κ2) is 6.26. The number of para-hydroxylation sites is 1. The predicted octanol–water partition coefficient (Wildman–Crippen LogP) is 4.94. The Hall–Kier alpha value is -0.980. The molecular formula is C17H26O. The fourth-order valence-electron chi connectivity index (χ4n) is 2.70. The van der Waals surface area contributed by atoms with Gasteiger partial charge in [-0.2, -0.15) is 0 Å². The standard InChI is InChI=1S/C17H26O/c1-4-7-13(3)16-9-6-8-15(12-14-10-11-14)17(16)18-5-2/h6,8-9,13-14H,4-5,7,10-12H2,1-3H3. The van der Waals surface area contributed by atoms with E-state index in [1.54, 1.807) is 0 Å². The van der Waals surface area contributed by atoms with Crippen molar-refractivity contribution in [3.05, 3.63) is 29.3 Å². The molecule has 0 saturated heterocycles. The van der Waals surface area contributed by atoms with Crippen molar-refractivity contribution >= 4 is 0 Å². The first-order chi connectivity index (χ1) is 8.76. The first kappa shape index (κ1) is 13.5. The lowest BCUT2D eigenvalue weighted by atomic mass is 9.92. The zero-order valence-electron chi connectivity index (χ0n) is 12.0. The van der Waals surface area contributed by atoms with E-state index >= 15 is 0 Å². The summed E-state index contributed by atoms with van der Waals surface area (Å²) in [6, 6.07) is 6.72. The van der Waals surface area contributed by atoms with Crippen molar-refractivity contribution in [2.24, 2.45) is 5.92 Å². The summed E-state index contributed by atoms with van der Waals surface area (Å²) in [5, 5.41) is 0. The first-order valence-electron chi connectivity index (χ1n) is 7.50. The molecule has 100 valence electrons. The van der Waals surface area contributed by atoms with Gasteiger partial charge >= 0.3 is 0 Å². The second-order valence-corrected chi connectivity index (χ2v) is 5.61. The molecule has 0 radical (unpaired) electrons. The summed E-state index contributed by atoms with van der Waals surface area (Å²) in [5.74, 6) is 2.71. The lowest BCUT2D eigenvalue weighted by molar-refractivity contribution is 0.329. The largest absolute Gasteiger partial charge is 0.493 e. The van der Waals surface area contributed by atoms with Crippen molar-refractivity contribution in [2.75, 3.05) is 6.61 Å². The van der Waals surface area contributed by atoms with Gasteiger partial charge in [0.1, 0.15) is 5.75 Å². The molecule has 1 atom stereocenters. The summed E-state index contributed by atoms with van der Waals surface area (Å²) >= 11 is 0. The molecule has 1 saturated carbocycles. The molecule has 0 amide bonds. The molecule has 1 aromatic carbocycles. The van der Waals surface area contributed by atoms with E-state index in [2.05, 4.69) is 39.0 Å². The molecule has 1 unspecified atom stereocenters. The van der Waals surface area contributed by atoms with Crippen molar-refractivity contribution in [2.45, 2.75) is 58.8 Å². The van der Waals surface area contributed by atoms with Gasteiger partial charge in [-0.1, -0.05) is 38.5 Å². The van der Waals surface area contributed by atoms with Crippen molar-refractivity contribution in [1.82, 2.24) is 0 Å². The highest BCUT2D eigenvalue weighted by molar-refractivity contribution is 5.44. The molecule has 1 nitrogen and oxygen atoms in total. The predicted molar refractivity (Wildman–Crippen MR) is 77.4 cm³/mol. The maximum atomic E-state index is 5.96. The van der Waals surface area contributed by atoms with Crippen molar-refractivity contribution in [3.63, 3.8) is 0 Å². The van der Waals surface area contributed by atoms with E-state index in [4.69, 9.17) is 4.74 Å². The lowest BCUT2D eigenvalue weighted by Crippen LogP contribution is -2.04. The van der Waals surface area contributed by atoms with Crippen LogP contribution in [0.1, 0.15) is 63.5 Å². The summed E-state index contributed by atoms with van der Waals surface area (Å²) in [6.07, 6.45) is 6.50. The minimum Gasteiger partial charge on any atom is -0.493 e. The molecule has 0 heterocycles. The van der Waals surface area contributed by atoms with Crippen LogP contribution in [0.3, 0.4) is 0 Å². The highest BCUT2D eigenvalue weighted by Gasteiger charge is 2.24. The van der Waals surface area contributed by atoms with Gasteiger partial charge < -0.3 is 4.74 Å². The van der Waals surface area contributed by atoms with E-state index in [1.165, 1.54) is 49.0 Å². The van der Waals surface area contributed by atoms with Crippen molar-refractivity contribution < 1.29 is 4.74 Å². The van der Waals surface area contributed by atoms with Gasteiger partial charge in [-0.05, 0) is 55.6 Å². The molecular weight excluding hydrogens is 220 g/mol. The zero-order valence-corrected chi connectivity index (χ0v) is 12.0. The summed E-state index contributed by atoms with van der Waals surface area (Å²) < 4.78 is 5.96. The van der Waals surface area contributed by atoms with Gasteiger partial charge in [0.15, 0.2) is 0 Å². The highest BCUT2D eigenvalue weighted by Crippen LogP contribution is 2.38. The normalized spacial score (nSPS) is 16.6. The van der Waals surface area contributed by atoms with Gasteiger partial charge in [0.2, 0.25) is 0 Å². The van der Waals surface area contributed by atoms with Gasteiger partial charge in [0, 0.05) is 0 Å². The third-order valence-corrected chi connectivity index (χ3v) is 3.87. The Bertz CT molecular complexity index is 379. The van der Waals surface area contributed by atoms with Crippen LogP contribution in [0.2, 0.25) is 0 Å². The van der Waals surface area contributed by atoms with Crippen LogP contribution in [0.15, 0.2) is 18.2 Å². The van der Waals surface area contributed by atoms with Gasteiger partial charge in [-0.25, -0.2) is 0 Å². The Morgan fingerprint density at radius 1 is 1.28 bits per heavy atom. The molecule has 1 heteroatoms. The summed E-state index contributed by atoms with van der Waals surface area (Å²) in [7, 11) is 0. The molecule has 18 heavy (non-hydrogen) atoms. The van der Waals surface area contributed by atoms with Crippen LogP contribution < -0.4 is 4.74 Å². The molecule has 1 aromatic rings. The van der Waals surface area contributed by atoms with E-state index in [1.807, 2.05) is 0 Å². The molecule has 1 aliphatic carbocycles. The molecule has 1 fully saturated rings. The first-order valence-corrected chi connectivity index (χ1v) is 7.50. The Morgan fingerprint density at radius 3 is 2.67 bits per heavy atom. The SMILES string of the molecule is CCCC(C)c1cccc(CC2CC2)c1OCC. The van der Waals surface area contributed by atoms with E-state index in [0.29, 0.717) is 5.92 Å². The van der Waals surface area contributed by atoms with Crippen LogP contribution in [-0.4, -0.2) is 6.61 Å². The number of ether oxygens (including phenoxy) is 1. The number of hydrogen-bond donors (Lipinski definition) is 0. The van der Waals surface area contributed by atoms with Crippen molar-refractivity contribution in [1.29, 1.82) is 0 Å². The van der Waals surface area contributed by atoms with Crippen LogP contribution in [0.5, 0.6) is 5.75 Å². The van der Waals surface area contributed by atoms with Crippen molar-refractivity contribution in [3.8, 4) is 5.75 Å². The smallest absolute Gasteiger partial charge is 0.125 e.